The molecule has 3 atom stereocenters. The molecule has 1 saturated carbocycles. The Hall–Kier alpha value is -1.22. The van der Waals surface area contributed by atoms with Crippen LogP contribution in [0.1, 0.15) is 11.5 Å². The van der Waals surface area contributed by atoms with Gasteiger partial charge in [-0.25, -0.2) is 0 Å². The quantitative estimate of drug-likeness (QED) is 0.741. The van der Waals surface area contributed by atoms with E-state index in [1.54, 1.807) is 0 Å². The number of rotatable bonds is 1. The molecule has 1 N–H and O–H groups in total. The number of hydrogen-bond acceptors (Lipinski definition) is 2. The first-order valence-electron chi connectivity index (χ1n) is 4.79. The van der Waals surface area contributed by atoms with E-state index in [9.17, 15) is 4.79 Å². The summed E-state index contributed by atoms with van der Waals surface area (Å²) in [4.78, 5) is 9.93. The highest BCUT2D eigenvalue weighted by Gasteiger charge is 2.72. The van der Waals surface area contributed by atoms with Gasteiger partial charge in [-0.2, -0.15) is 0 Å². The van der Waals surface area contributed by atoms with Gasteiger partial charge in [-0.3, -0.25) is 4.79 Å². The van der Waals surface area contributed by atoms with Crippen LogP contribution in [0, 0.1) is 5.92 Å². The highest BCUT2D eigenvalue weighted by atomic mass is 35.5. The standard InChI is InChI=1S/C11H9ClO3/c12-11(10(13)14)7-5-15-8-4-2-1-3-6(8)9(7)11/h1-4,7,9H,5H2,(H,13,14). The van der Waals surface area contributed by atoms with Crippen LogP contribution in [0.25, 0.3) is 0 Å². The van der Waals surface area contributed by atoms with Crippen molar-refractivity contribution in [1.29, 1.82) is 0 Å². The SMILES string of the molecule is O=C(O)C1(Cl)C2COc3ccccc3C21. The number of aliphatic carboxylic acids is 1. The van der Waals surface area contributed by atoms with Crippen molar-refractivity contribution in [1.82, 2.24) is 0 Å². The minimum Gasteiger partial charge on any atom is -0.493 e. The van der Waals surface area contributed by atoms with Crippen LogP contribution >= 0.6 is 11.6 Å². The molecule has 0 bridgehead atoms. The first-order valence-corrected chi connectivity index (χ1v) is 5.17. The third-order valence-corrected chi connectivity index (χ3v) is 3.96. The van der Waals surface area contributed by atoms with E-state index in [1.165, 1.54) is 0 Å². The molecule has 1 aliphatic heterocycles. The van der Waals surface area contributed by atoms with Crippen molar-refractivity contribution >= 4 is 17.6 Å². The summed E-state index contributed by atoms with van der Waals surface area (Å²) in [6.45, 7) is 0.400. The molecule has 3 unspecified atom stereocenters. The summed E-state index contributed by atoms with van der Waals surface area (Å²) in [5, 5.41) is 9.08. The fourth-order valence-electron chi connectivity index (χ4n) is 2.43. The molecule has 0 spiro atoms. The number of benzene rings is 1. The van der Waals surface area contributed by atoms with Gasteiger partial charge in [-0.15, -0.1) is 11.6 Å². The molecule has 1 aromatic carbocycles. The van der Waals surface area contributed by atoms with Crippen LogP contribution in [0.5, 0.6) is 5.75 Å². The van der Waals surface area contributed by atoms with Gasteiger partial charge in [0.2, 0.25) is 0 Å². The molecular weight excluding hydrogens is 216 g/mol. The highest BCUT2D eigenvalue weighted by Crippen LogP contribution is 2.65. The summed E-state index contributed by atoms with van der Waals surface area (Å²) in [7, 11) is 0. The van der Waals surface area contributed by atoms with E-state index in [1.807, 2.05) is 24.3 Å². The van der Waals surface area contributed by atoms with E-state index < -0.39 is 10.8 Å². The smallest absolute Gasteiger partial charge is 0.325 e. The molecule has 0 aromatic heterocycles. The Morgan fingerprint density at radius 2 is 2.27 bits per heavy atom. The Morgan fingerprint density at radius 1 is 1.53 bits per heavy atom. The summed E-state index contributed by atoms with van der Waals surface area (Å²) >= 11 is 6.10. The molecule has 4 heteroatoms. The van der Waals surface area contributed by atoms with Crippen molar-refractivity contribution in [3.63, 3.8) is 0 Å². The van der Waals surface area contributed by atoms with Crippen LogP contribution in [0.2, 0.25) is 0 Å². The first kappa shape index (κ1) is 9.04. The predicted octanol–water partition coefficient (Wildman–Crippen LogP) is 1.85. The molecule has 2 aliphatic rings. The van der Waals surface area contributed by atoms with E-state index in [4.69, 9.17) is 21.4 Å². The molecule has 15 heavy (non-hydrogen) atoms. The Morgan fingerprint density at radius 3 is 3.00 bits per heavy atom. The van der Waals surface area contributed by atoms with Crippen molar-refractivity contribution in [2.45, 2.75) is 10.8 Å². The van der Waals surface area contributed by atoms with Gasteiger partial charge in [-0.05, 0) is 6.07 Å². The number of para-hydroxylation sites is 1. The average Bonchev–Trinajstić information content (AvgIpc) is 2.87. The lowest BCUT2D eigenvalue weighted by Crippen LogP contribution is -2.19. The molecule has 0 amide bonds. The number of alkyl halides is 1. The zero-order chi connectivity index (χ0) is 10.6. The van der Waals surface area contributed by atoms with Crippen molar-refractivity contribution < 1.29 is 14.6 Å². The Kier molecular flexibility index (Phi) is 1.61. The molecule has 78 valence electrons. The number of carboxylic acid groups (broad SMARTS) is 1. The maximum absolute atomic E-state index is 11.1. The zero-order valence-electron chi connectivity index (χ0n) is 7.81. The first-order chi connectivity index (χ1) is 7.15. The van der Waals surface area contributed by atoms with Gasteiger partial charge in [0.1, 0.15) is 5.75 Å². The normalized spacial score (nSPS) is 36.1. The monoisotopic (exact) mass is 224 g/mol. The molecule has 3 nitrogen and oxygen atoms in total. The van der Waals surface area contributed by atoms with Gasteiger partial charge >= 0.3 is 5.97 Å². The Bertz CT molecular complexity index is 445. The lowest BCUT2D eigenvalue weighted by atomic mass is 10.1. The minimum atomic E-state index is -1.15. The molecule has 0 radical (unpaired) electrons. The molecule has 1 fully saturated rings. The third kappa shape index (κ3) is 0.988. The van der Waals surface area contributed by atoms with Gasteiger partial charge < -0.3 is 9.84 Å². The molecule has 1 heterocycles. The minimum absolute atomic E-state index is 0.0911. The number of carbonyl (C=O) groups is 1. The van der Waals surface area contributed by atoms with Crippen LogP contribution in [-0.2, 0) is 4.79 Å². The summed E-state index contributed by atoms with van der Waals surface area (Å²) in [5.41, 5.74) is 0.922. The van der Waals surface area contributed by atoms with Crippen molar-refractivity contribution in [3.05, 3.63) is 29.8 Å². The molecule has 1 aliphatic carbocycles. The molecular formula is C11H9ClO3. The van der Waals surface area contributed by atoms with Crippen molar-refractivity contribution in [2.75, 3.05) is 6.61 Å². The van der Waals surface area contributed by atoms with E-state index in [0.29, 0.717) is 6.61 Å². The number of halogens is 1. The second-order valence-electron chi connectivity index (χ2n) is 4.01. The van der Waals surface area contributed by atoms with Gasteiger partial charge in [0.05, 0.1) is 6.61 Å². The van der Waals surface area contributed by atoms with Gasteiger partial charge in [0.25, 0.3) is 0 Å². The summed E-state index contributed by atoms with van der Waals surface area (Å²) in [6, 6.07) is 7.49. The summed E-state index contributed by atoms with van der Waals surface area (Å²) < 4.78 is 5.48. The largest absolute Gasteiger partial charge is 0.493 e. The Balaban J connectivity index is 2.07. The highest BCUT2D eigenvalue weighted by molar-refractivity contribution is 6.37. The average molecular weight is 225 g/mol. The predicted molar refractivity (Wildman–Crippen MR) is 54.4 cm³/mol. The van der Waals surface area contributed by atoms with Gasteiger partial charge in [0, 0.05) is 17.4 Å². The molecule has 1 aromatic rings. The fourth-order valence-corrected chi connectivity index (χ4v) is 2.82. The van der Waals surface area contributed by atoms with Gasteiger partial charge in [-0.1, -0.05) is 18.2 Å². The second-order valence-corrected chi connectivity index (χ2v) is 4.63. The lowest BCUT2D eigenvalue weighted by Gasteiger charge is -2.14. The Labute approximate surface area is 91.6 Å². The third-order valence-electron chi connectivity index (χ3n) is 3.29. The van der Waals surface area contributed by atoms with Crippen molar-refractivity contribution in [2.24, 2.45) is 5.92 Å². The topological polar surface area (TPSA) is 46.5 Å². The molecule has 3 rings (SSSR count). The van der Waals surface area contributed by atoms with E-state index in [0.717, 1.165) is 11.3 Å². The summed E-state index contributed by atoms with van der Waals surface area (Å²) in [6.07, 6.45) is 0. The zero-order valence-corrected chi connectivity index (χ0v) is 8.57. The van der Waals surface area contributed by atoms with E-state index in [-0.39, 0.29) is 11.8 Å². The van der Waals surface area contributed by atoms with Crippen LogP contribution < -0.4 is 4.74 Å². The number of ether oxygens (including phenoxy) is 1. The maximum Gasteiger partial charge on any atom is 0.325 e. The summed E-state index contributed by atoms with van der Waals surface area (Å²) in [5.74, 6) is -0.366. The number of fused-ring (bicyclic) bond motifs is 3. The number of carboxylic acids is 1. The van der Waals surface area contributed by atoms with Crippen LogP contribution in [0.3, 0.4) is 0 Å². The van der Waals surface area contributed by atoms with Crippen LogP contribution in [-0.4, -0.2) is 22.6 Å². The van der Waals surface area contributed by atoms with E-state index in [2.05, 4.69) is 0 Å². The fraction of sp³-hybridized carbons (Fsp3) is 0.364. The van der Waals surface area contributed by atoms with Crippen LogP contribution in [0.4, 0.5) is 0 Å². The van der Waals surface area contributed by atoms with Gasteiger partial charge in [0.15, 0.2) is 4.87 Å². The van der Waals surface area contributed by atoms with Crippen LogP contribution in [0.15, 0.2) is 24.3 Å². The van der Waals surface area contributed by atoms with Crippen molar-refractivity contribution in [3.8, 4) is 5.75 Å². The molecule has 0 saturated heterocycles. The lowest BCUT2D eigenvalue weighted by molar-refractivity contribution is -0.137. The van der Waals surface area contributed by atoms with E-state index >= 15 is 0 Å². The maximum atomic E-state index is 11.1. The second kappa shape index (κ2) is 2.67. The number of hydrogen-bond donors (Lipinski definition) is 1.